The number of nitrogens with zero attached hydrogens (tertiary/aromatic N) is 4. The molecule has 3 aromatic rings. The van der Waals surface area contributed by atoms with Gasteiger partial charge in [0.25, 0.3) is 5.56 Å². The molecular formula is C24H25BrN4O6. The lowest BCUT2D eigenvalue weighted by Gasteiger charge is -2.21. The second kappa shape index (κ2) is 10.3. The van der Waals surface area contributed by atoms with Crippen molar-refractivity contribution in [1.29, 1.82) is 0 Å². The molecule has 2 aromatic carbocycles. The molecule has 1 aromatic heterocycles. The normalized spacial score (nSPS) is 12.6. The van der Waals surface area contributed by atoms with Gasteiger partial charge in [0.1, 0.15) is 5.82 Å². The summed E-state index contributed by atoms with van der Waals surface area (Å²) in [6.45, 7) is 8.91. The zero-order valence-corrected chi connectivity index (χ0v) is 21.5. The highest BCUT2D eigenvalue weighted by Crippen LogP contribution is 2.31. The number of benzene rings is 2. The summed E-state index contributed by atoms with van der Waals surface area (Å²) in [5.74, 6) is -0.422. The molecule has 0 amide bonds. The van der Waals surface area contributed by atoms with Crippen LogP contribution < -0.4 is 10.3 Å². The predicted molar refractivity (Wildman–Crippen MR) is 135 cm³/mol. The summed E-state index contributed by atoms with van der Waals surface area (Å²) in [6, 6.07) is 9.46. The molecule has 11 heteroatoms. The van der Waals surface area contributed by atoms with Crippen LogP contribution in [0.1, 0.15) is 46.0 Å². The Kier molecular flexibility index (Phi) is 7.69. The van der Waals surface area contributed by atoms with Crippen LogP contribution >= 0.6 is 15.9 Å². The molecule has 0 unspecified atom stereocenters. The molecule has 1 atom stereocenters. The topological polar surface area (TPSA) is 126 Å². The van der Waals surface area contributed by atoms with Crippen molar-refractivity contribution in [3.05, 3.63) is 72.7 Å². The summed E-state index contributed by atoms with van der Waals surface area (Å²) in [5.41, 5.74) is -0.564. The fourth-order valence-electron chi connectivity index (χ4n) is 3.26. The number of hydrogen-bond donors (Lipinski definition) is 0. The van der Waals surface area contributed by atoms with E-state index < -0.39 is 28.0 Å². The minimum absolute atomic E-state index is 0.140. The molecule has 0 spiro atoms. The number of esters is 1. The first-order valence-corrected chi connectivity index (χ1v) is 11.6. The van der Waals surface area contributed by atoms with Crippen molar-refractivity contribution in [2.75, 3.05) is 6.61 Å². The number of aromatic nitrogens is 2. The van der Waals surface area contributed by atoms with Crippen LogP contribution in [-0.2, 0) is 14.9 Å². The maximum absolute atomic E-state index is 13.4. The van der Waals surface area contributed by atoms with Crippen LogP contribution in [0.25, 0.3) is 10.9 Å². The smallest absolute Gasteiger partial charge is 0.347 e. The van der Waals surface area contributed by atoms with Crippen molar-refractivity contribution in [3.63, 3.8) is 0 Å². The Bertz CT molecular complexity index is 1380. The Morgan fingerprint density at radius 3 is 2.66 bits per heavy atom. The first-order valence-electron chi connectivity index (χ1n) is 10.8. The van der Waals surface area contributed by atoms with Gasteiger partial charge in [-0.25, -0.2) is 9.78 Å². The van der Waals surface area contributed by atoms with Crippen molar-refractivity contribution < 1.29 is 19.2 Å². The largest absolute Gasteiger partial charge is 0.471 e. The maximum Gasteiger partial charge on any atom is 0.347 e. The molecule has 0 saturated heterocycles. The molecule has 35 heavy (non-hydrogen) atoms. The zero-order chi connectivity index (χ0) is 25.9. The molecule has 1 heterocycles. The Hall–Kier alpha value is -3.60. The summed E-state index contributed by atoms with van der Waals surface area (Å²) in [7, 11) is 0. The molecule has 3 rings (SSSR count). The number of carbonyl (C=O) groups is 1. The van der Waals surface area contributed by atoms with E-state index in [-0.39, 0.29) is 23.6 Å². The fourth-order valence-corrected chi connectivity index (χ4v) is 3.62. The zero-order valence-electron chi connectivity index (χ0n) is 19.9. The Balaban J connectivity index is 2.18. The van der Waals surface area contributed by atoms with Crippen LogP contribution in [-0.4, -0.2) is 39.5 Å². The van der Waals surface area contributed by atoms with Gasteiger partial charge in [-0.05, 0) is 38.1 Å². The summed E-state index contributed by atoms with van der Waals surface area (Å²) in [6.07, 6.45) is 0.179. The molecule has 0 fully saturated rings. The van der Waals surface area contributed by atoms with Crippen molar-refractivity contribution in [3.8, 4) is 5.75 Å². The molecule has 0 N–H and O–H groups in total. The highest BCUT2D eigenvalue weighted by atomic mass is 79.9. The molecule has 0 saturated carbocycles. The Morgan fingerprint density at radius 1 is 1.31 bits per heavy atom. The minimum Gasteiger partial charge on any atom is -0.471 e. The van der Waals surface area contributed by atoms with E-state index in [1.807, 2.05) is 20.8 Å². The van der Waals surface area contributed by atoms with Gasteiger partial charge >= 0.3 is 11.7 Å². The van der Waals surface area contributed by atoms with Crippen LogP contribution in [0.4, 0.5) is 5.69 Å². The maximum atomic E-state index is 13.4. The average molecular weight is 545 g/mol. The molecule has 0 aliphatic carbocycles. The number of rotatable bonds is 7. The van der Waals surface area contributed by atoms with E-state index in [1.54, 1.807) is 25.1 Å². The fraction of sp³-hybridized carbons (Fsp3) is 0.333. The van der Waals surface area contributed by atoms with Gasteiger partial charge in [-0.2, -0.15) is 9.78 Å². The van der Waals surface area contributed by atoms with Crippen molar-refractivity contribution in [2.24, 2.45) is 5.10 Å². The Labute approximate surface area is 209 Å². The lowest BCUT2D eigenvalue weighted by Crippen LogP contribution is -2.29. The van der Waals surface area contributed by atoms with Crippen molar-refractivity contribution in [2.45, 2.75) is 46.1 Å². The van der Waals surface area contributed by atoms with Gasteiger partial charge in [0.15, 0.2) is 6.10 Å². The van der Waals surface area contributed by atoms with Crippen LogP contribution in [0, 0.1) is 10.1 Å². The first-order chi connectivity index (χ1) is 16.4. The van der Waals surface area contributed by atoms with E-state index in [9.17, 15) is 19.7 Å². The van der Waals surface area contributed by atoms with Gasteiger partial charge in [-0.1, -0.05) is 42.8 Å². The van der Waals surface area contributed by atoms with Crippen LogP contribution in [0.15, 0.2) is 50.8 Å². The van der Waals surface area contributed by atoms with E-state index in [1.165, 1.54) is 36.0 Å². The Morgan fingerprint density at radius 2 is 2.03 bits per heavy atom. The van der Waals surface area contributed by atoms with Gasteiger partial charge in [0, 0.05) is 21.5 Å². The SMILES string of the molecule is CCOC(=O)[C@@H](C)Oc1c(C=Nn2c(C(C)(C)C)nc3ccc(Br)cc3c2=O)cccc1[N+](=O)[O-]. The van der Waals surface area contributed by atoms with Gasteiger partial charge < -0.3 is 9.47 Å². The third kappa shape index (κ3) is 5.73. The molecule has 0 bridgehead atoms. The van der Waals surface area contributed by atoms with E-state index in [4.69, 9.17) is 9.47 Å². The first kappa shape index (κ1) is 26.0. The van der Waals surface area contributed by atoms with Crippen LogP contribution in [0.5, 0.6) is 5.75 Å². The van der Waals surface area contributed by atoms with Gasteiger partial charge in [-0.3, -0.25) is 14.9 Å². The average Bonchev–Trinajstić information content (AvgIpc) is 2.78. The van der Waals surface area contributed by atoms with Gasteiger partial charge in [-0.15, -0.1) is 0 Å². The van der Waals surface area contributed by atoms with Gasteiger partial charge in [0.05, 0.1) is 28.6 Å². The minimum atomic E-state index is -1.10. The number of ether oxygens (including phenoxy) is 2. The highest BCUT2D eigenvalue weighted by molar-refractivity contribution is 9.10. The second-order valence-corrected chi connectivity index (χ2v) is 9.59. The molecule has 0 aliphatic rings. The summed E-state index contributed by atoms with van der Waals surface area (Å²) in [5, 5.41) is 16.4. The summed E-state index contributed by atoms with van der Waals surface area (Å²) in [4.78, 5) is 41.1. The van der Waals surface area contributed by atoms with Crippen LogP contribution in [0.2, 0.25) is 0 Å². The number of carbonyl (C=O) groups excluding carboxylic acids is 1. The summed E-state index contributed by atoms with van der Waals surface area (Å²) < 4.78 is 12.5. The number of halogens is 1. The molecule has 184 valence electrons. The molecule has 10 nitrogen and oxygen atoms in total. The van der Waals surface area contributed by atoms with Gasteiger partial charge in [0.2, 0.25) is 5.75 Å². The number of nitro benzene ring substituents is 1. The lowest BCUT2D eigenvalue weighted by atomic mass is 9.95. The summed E-state index contributed by atoms with van der Waals surface area (Å²) >= 11 is 3.37. The van der Waals surface area contributed by atoms with E-state index >= 15 is 0 Å². The predicted octanol–water partition coefficient (Wildman–Crippen LogP) is 4.58. The highest BCUT2D eigenvalue weighted by Gasteiger charge is 2.26. The standard InChI is InChI=1S/C24H25BrN4O6/c1-6-34-22(31)14(2)35-20-15(8-7-9-19(20)29(32)33)13-26-28-21(30)17-12-16(25)10-11-18(17)27-23(28)24(3,4)5/h7-14H,6H2,1-5H3/t14-/m1/s1. The van der Waals surface area contributed by atoms with Crippen molar-refractivity contribution in [1.82, 2.24) is 9.66 Å². The van der Waals surface area contributed by atoms with E-state index in [2.05, 4.69) is 26.0 Å². The number of para-hydroxylation sites is 1. The number of nitro groups is 1. The third-order valence-corrected chi connectivity index (χ3v) is 5.42. The van der Waals surface area contributed by atoms with E-state index in [0.29, 0.717) is 21.2 Å². The number of hydrogen-bond acceptors (Lipinski definition) is 8. The van der Waals surface area contributed by atoms with E-state index in [0.717, 1.165) is 0 Å². The van der Waals surface area contributed by atoms with Crippen molar-refractivity contribution >= 4 is 44.7 Å². The third-order valence-electron chi connectivity index (χ3n) is 4.93. The molecule has 0 radical (unpaired) electrons. The monoisotopic (exact) mass is 544 g/mol. The lowest BCUT2D eigenvalue weighted by molar-refractivity contribution is -0.386. The number of fused-ring (bicyclic) bond motifs is 1. The van der Waals surface area contributed by atoms with Crippen LogP contribution in [0.3, 0.4) is 0 Å². The molecular weight excluding hydrogens is 520 g/mol. The molecule has 0 aliphatic heterocycles. The quantitative estimate of drug-likeness (QED) is 0.184. The second-order valence-electron chi connectivity index (χ2n) is 8.67.